The smallest absolute Gasteiger partial charge is 0.224 e. The maximum absolute atomic E-state index is 10.7. The Kier molecular flexibility index (Phi) is 7.57. The molecule has 6 atom stereocenters. The van der Waals surface area contributed by atoms with Crippen molar-refractivity contribution in [3.63, 3.8) is 0 Å². The second kappa shape index (κ2) is 10.2. The van der Waals surface area contributed by atoms with Gasteiger partial charge in [-0.25, -0.2) is 0 Å². The van der Waals surface area contributed by atoms with Crippen LogP contribution in [0.1, 0.15) is 23.1 Å². The lowest BCUT2D eigenvalue weighted by Crippen LogP contribution is -2.64. The summed E-state index contributed by atoms with van der Waals surface area (Å²) in [4.78, 5) is 0. The van der Waals surface area contributed by atoms with Gasteiger partial charge in [0.25, 0.3) is 0 Å². The number of aliphatic hydroxyl groups excluding tert-OH is 4. The molecule has 2 aliphatic rings. The average molecular weight is 481 g/mol. The number of halogens is 1. The van der Waals surface area contributed by atoms with E-state index in [-0.39, 0.29) is 6.10 Å². The SMILES string of the molecule is CO[C@@]1(c2ccc(Cl)c(Cc3ccc(O[C@@H]4CCOC4)cc3)c2)O[C@H](CO)[C@@H](O)[C@H](O)[C@H]1O. The molecule has 0 unspecified atom stereocenters. The number of hydrogen-bond donors (Lipinski definition) is 4. The highest BCUT2D eigenvalue weighted by atomic mass is 35.5. The molecule has 2 saturated heterocycles. The van der Waals surface area contributed by atoms with Gasteiger partial charge in [0.1, 0.15) is 36.3 Å². The van der Waals surface area contributed by atoms with Crippen molar-refractivity contribution in [1.82, 2.24) is 0 Å². The summed E-state index contributed by atoms with van der Waals surface area (Å²) in [5, 5.41) is 41.3. The zero-order chi connectivity index (χ0) is 23.6. The Morgan fingerprint density at radius 2 is 1.85 bits per heavy atom. The fourth-order valence-corrected chi connectivity index (χ4v) is 4.48. The van der Waals surface area contributed by atoms with Crippen molar-refractivity contribution in [3.8, 4) is 5.75 Å². The molecule has 9 heteroatoms. The van der Waals surface area contributed by atoms with E-state index in [4.69, 9.17) is 30.5 Å². The van der Waals surface area contributed by atoms with E-state index in [0.717, 1.165) is 23.3 Å². The van der Waals surface area contributed by atoms with Crippen LogP contribution in [0.4, 0.5) is 0 Å². The summed E-state index contributed by atoms with van der Waals surface area (Å²) in [7, 11) is 1.32. The third-order valence-electron chi connectivity index (χ3n) is 6.21. The molecule has 2 aromatic rings. The molecule has 180 valence electrons. The predicted octanol–water partition coefficient (Wildman–Crippen LogP) is 1.37. The van der Waals surface area contributed by atoms with Crippen LogP contribution in [-0.2, 0) is 26.4 Å². The fourth-order valence-electron chi connectivity index (χ4n) is 4.30. The Labute approximate surface area is 197 Å². The van der Waals surface area contributed by atoms with E-state index in [1.54, 1.807) is 18.2 Å². The van der Waals surface area contributed by atoms with Crippen LogP contribution < -0.4 is 4.74 Å². The molecule has 0 bridgehead atoms. The number of rotatable bonds is 7. The van der Waals surface area contributed by atoms with Gasteiger partial charge >= 0.3 is 0 Å². The molecule has 0 amide bonds. The Hall–Kier alpha value is -1.75. The van der Waals surface area contributed by atoms with Gasteiger partial charge in [-0.1, -0.05) is 29.8 Å². The van der Waals surface area contributed by atoms with E-state index < -0.39 is 36.8 Å². The minimum absolute atomic E-state index is 0.0748. The van der Waals surface area contributed by atoms with E-state index >= 15 is 0 Å². The van der Waals surface area contributed by atoms with Crippen LogP contribution in [0.2, 0.25) is 5.02 Å². The van der Waals surface area contributed by atoms with Gasteiger partial charge in [-0.3, -0.25) is 0 Å². The Morgan fingerprint density at radius 3 is 2.48 bits per heavy atom. The standard InChI is InChI=1S/C24H29ClO8/c1-30-24(23(29)22(28)21(27)20(12-26)33-24)16-4-7-19(25)15(11-16)10-14-2-5-17(6-3-14)32-18-8-9-31-13-18/h2-7,11,18,20-23,26-29H,8-10,12-13H2,1H3/t18-,20-,21-,22+,23-,24+/m1/s1. The molecule has 33 heavy (non-hydrogen) atoms. The molecule has 0 aliphatic carbocycles. The first kappa shape index (κ1) is 24.4. The molecule has 2 aromatic carbocycles. The highest BCUT2D eigenvalue weighted by Crippen LogP contribution is 2.40. The van der Waals surface area contributed by atoms with Gasteiger partial charge in [-0.15, -0.1) is 0 Å². The number of benzene rings is 2. The maximum Gasteiger partial charge on any atom is 0.224 e. The highest BCUT2D eigenvalue weighted by molar-refractivity contribution is 6.31. The van der Waals surface area contributed by atoms with Gasteiger partial charge in [0.05, 0.1) is 19.8 Å². The molecular formula is C24H29ClO8. The molecule has 4 N–H and O–H groups in total. The van der Waals surface area contributed by atoms with Gasteiger partial charge in [0.15, 0.2) is 0 Å². The maximum atomic E-state index is 10.7. The number of aliphatic hydroxyl groups is 4. The van der Waals surface area contributed by atoms with Crippen LogP contribution in [0.3, 0.4) is 0 Å². The van der Waals surface area contributed by atoms with Gasteiger partial charge < -0.3 is 39.4 Å². The minimum Gasteiger partial charge on any atom is -0.488 e. The van der Waals surface area contributed by atoms with E-state index in [2.05, 4.69) is 0 Å². The van der Waals surface area contributed by atoms with Crippen molar-refractivity contribution >= 4 is 11.6 Å². The summed E-state index contributed by atoms with van der Waals surface area (Å²) in [5.41, 5.74) is 2.15. The molecule has 0 saturated carbocycles. The van der Waals surface area contributed by atoms with Crippen molar-refractivity contribution in [2.45, 2.75) is 49.1 Å². The van der Waals surface area contributed by atoms with Gasteiger partial charge in [0, 0.05) is 24.1 Å². The van der Waals surface area contributed by atoms with Crippen LogP contribution in [0, 0.1) is 0 Å². The Bertz CT molecular complexity index is 931. The molecule has 4 rings (SSSR count). The lowest BCUT2D eigenvalue weighted by molar-refractivity contribution is -0.366. The molecule has 0 aromatic heterocycles. The summed E-state index contributed by atoms with van der Waals surface area (Å²) < 4.78 is 22.5. The van der Waals surface area contributed by atoms with Crippen molar-refractivity contribution in [3.05, 3.63) is 64.2 Å². The van der Waals surface area contributed by atoms with Crippen LogP contribution in [0.5, 0.6) is 5.75 Å². The molecule has 0 radical (unpaired) electrons. The molecule has 2 aliphatic heterocycles. The lowest BCUT2D eigenvalue weighted by atomic mass is 9.87. The molecule has 2 fully saturated rings. The zero-order valence-corrected chi connectivity index (χ0v) is 19.0. The Balaban J connectivity index is 1.57. The first-order valence-electron chi connectivity index (χ1n) is 10.9. The number of hydrogen-bond acceptors (Lipinski definition) is 8. The zero-order valence-electron chi connectivity index (χ0n) is 18.3. The third kappa shape index (κ3) is 4.89. The summed E-state index contributed by atoms with van der Waals surface area (Å²) in [6.45, 7) is 0.758. The summed E-state index contributed by atoms with van der Waals surface area (Å²) in [6.07, 6.45) is -4.33. The van der Waals surface area contributed by atoms with E-state index in [9.17, 15) is 20.4 Å². The predicted molar refractivity (Wildman–Crippen MR) is 119 cm³/mol. The summed E-state index contributed by atoms with van der Waals surface area (Å²) in [5.74, 6) is -1.01. The van der Waals surface area contributed by atoms with Gasteiger partial charge in [-0.2, -0.15) is 0 Å². The topological polar surface area (TPSA) is 118 Å². The largest absolute Gasteiger partial charge is 0.488 e. The van der Waals surface area contributed by atoms with Gasteiger partial charge in [0.2, 0.25) is 5.79 Å². The number of ether oxygens (including phenoxy) is 4. The van der Waals surface area contributed by atoms with Crippen molar-refractivity contribution < 1.29 is 39.4 Å². The lowest BCUT2D eigenvalue weighted by Gasteiger charge is -2.47. The van der Waals surface area contributed by atoms with Crippen LogP contribution in [-0.4, -0.2) is 77.9 Å². The normalized spacial score (nSPS) is 32.1. The van der Waals surface area contributed by atoms with E-state index in [1.165, 1.54) is 7.11 Å². The van der Waals surface area contributed by atoms with Crippen molar-refractivity contribution in [2.75, 3.05) is 26.9 Å². The highest BCUT2D eigenvalue weighted by Gasteiger charge is 2.55. The first-order chi connectivity index (χ1) is 15.9. The number of methoxy groups -OCH3 is 1. The second-order valence-corrected chi connectivity index (χ2v) is 8.77. The monoisotopic (exact) mass is 480 g/mol. The van der Waals surface area contributed by atoms with Crippen molar-refractivity contribution in [2.24, 2.45) is 0 Å². The van der Waals surface area contributed by atoms with Gasteiger partial charge in [-0.05, 0) is 41.8 Å². The second-order valence-electron chi connectivity index (χ2n) is 8.37. The van der Waals surface area contributed by atoms with Crippen LogP contribution in [0.15, 0.2) is 42.5 Å². The molecule has 8 nitrogen and oxygen atoms in total. The summed E-state index contributed by atoms with van der Waals surface area (Å²) in [6, 6.07) is 12.7. The first-order valence-corrected chi connectivity index (χ1v) is 11.3. The van der Waals surface area contributed by atoms with Crippen molar-refractivity contribution in [1.29, 1.82) is 0 Å². The van der Waals surface area contributed by atoms with Crippen LogP contribution in [0.25, 0.3) is 0 Å². The minimum atomic E-state index is -1.79. The quantitative estimate of drug-likeness (QED) is 0.469. The molecule has 2 heterocycles. The average Bonchev–Trinajstić information content (AvgIpc) is 3.34. The van der Waals surface area contributed by atoms with Crippen LogP contribution >= 0.6 is 11.6 Å². The summed E-state index contributed by atoms with van der Waals surface area (Å²) >= 11 is 6.45. The van der Waals surface area contributed by atoms with E-state index in [1.807, 2.05) is 24.3 Å². The fraction of sp³-hybridized carbons (Fsp3) is 0.500. The third-order valence-corrected chi connectivity index (χ3v) is 6.58. The Morgan fingerprint density at radius 1 is 1.09 bits per heavy atom. The molecular weight excluding hydrogens is 452 g/mol. The van der Waals surface area contributed by atoms with E-state index in [0.29, 0.717) is 30.2 Å². The molecule has 0 spiro atoms.